The van der Waals surface area contributed by atoms with Gasteiger partial charge in [0.15, 0.2) is 0 Å². The first kappa shape index (κ1) is 21.2. The predicted molar refractivity (Wildman–Crippen MR) is 113 cm³/mol. The third kappa shape index (κ3) is 6.24. The van der Waals surface area contributed by atoms with Gasteiger partial charge in [-0.1, -0.05) is 42.5 Å². The van der Waals surface area contributed by atoms with Crippen LogP contribution < -0.4 is 0 Å². The monoisotopic (exact) mass is 400 g/mol. The van der Waals surface area contributed by atoms with E-state index in [1.54, 1.807) is 0 Å². The van der Waals surface area contributed by atoms with E-state index >= 15 is 0 Å². The highest BCUT2D eigenvalue weighted by Crippen LogP contribution is 2.39. The average Bonchev–Trinajstić information content (AvgIpc) is 3.43. The zero-order valence-electron chi connectivity index (χ0n) is 17.6. The third-order valence-corrected chi connectivity index (χ3v) is 5.51. The van der Waals surface area contributed by atoms with Crippen LogP contribution in [0.15, 0.2) is 36.4 Å². The average molecular weight is 401 g/mol. The quantitative estimate of drug-likeness (QED) is 0.777. The standard InChI is InChI=1S/C23H32N2O4/c1-23(2,3)29-22(28)25(16-18-11-13-24(14-12-18)21(26)27)20-15-19(20)10-9-17-7-5-4-6-8-17/h4-10,18-20H,11-16H2,1-3H3,(H,26,27). The van der Waals surface area contributed by atoms with E-state index < -0.39 is 11.7 Å². The second-order valence-electron chi connectivity index (χ2n) is 9.08. The number of hydrogen-bond donors (Lipinski definition) is 1. The molecule has 1 N–H and O–H groups in total. The Bertz CT molecular complexity index is 733. The Hall–Kier alpha value is -2.50. The summed E-state index contributed by atoms with van der Waals surface area (Å²) >= 11 is 0. The second-order valence-corrected chi connectivity index (χ2v) is 9.08. The highest BCUT2D eigenvalue weighted by molar-refractivity contribution is 5.69. The van der Waals surface area contributed by atoms with Crippen molar-refractivity contribution in [2.24, 2.45) is 11.8 Å². The largest absolute Gasteiger partial charge is 0.465 e. The van der Waals surface area contributed by atoms with Gasteiger partial charge in [0.2, 0.25) is 0 Å². The fourth-order valence-corrected chi connectivity index (χ4v) is 3.82. The molecule has 158 valence electrons. The molecule has 2 amide bonds. The van der Waals surface area contributed by atoms with Gasteiger partial charge >= 0.3 is 12.2 Å². The van der Waals surface area contributed by atoms with Crippen LogP contribution in [0.3, 0.4) is 0 Å². The zero-order valence-corrected chi connectivity index (χ0v) is 17.6. The number of amides is 2. The number of carbonyl (C=O) groups excluding carboxylic acids is 1. The fourth-order valence-electron chi connectivity index (χ4n) is 3.82. The highest BCUT2D eigenvalue weighted by atomic mass is 16.6. The van der Waals surface area contributed by atoms with E-state index in [9.17, 15) is 9.59 Å². The van der Waals surface area contributed by atoms with Crippen LogP contribution >= 0.6 is 0 Å². The minimum Gasteiger partial charge on any atom is -0.465 e. The third-order valence-electron chi connectivity index (χ3n) is 5.51. The van der Waals surface area contributed by atoms with E-state index in [2.05, 4.69) is 24.3 Å². The Morgan fingerprint density at radius 2 is 1.86 bits per heavy atom. The fraction of sp³-hybridized carbons (Fsp3) is 0.565. The van der Waals surface area contributed by atoms with E-state index in [1.807, 2.05) is 43.9 Å². The highest BCUT2D eigenvalue weighted by Gasteiger charge is 2.44. The van der Waals surface area contributed by atoms with Gasteiger partial charge in [0, 0.05) is 25.7 Å². The summed E-state index contributed by atoms with van der Waals surface area (Å²) in [5.74, 6) is 0.638. The van der Waals surface area contributed by atoms with Crippen molar-refractivity contribution in [2.45, 2.75) is 51.7 Å². The van der Waals surface area contributed by atoms with Crippen LogP contribution in [0.1, 0.15) is 45.6 Å². The Morgan fingerprint density at radius 1 is 1.21 bits per heavy atom. The molecule has 1 aromatic carbocycles. The van der Waals surface area contributed by atoms with Crippen LogP contribution in [-0.2, 0) is 4.74 Å². The summed E-state index contributed by atoms with van der Waals surface area (Å²) < 4.78 is 5.67. The van der Waals surface area contributed by atoms with E-state index in [-0.39, 0.29) is 12.1 Å². The van der Waals surface area contributed by atoms with Crippen molar-refractivity contribution < 1.29 is 19.4 Å². The molecule has 0 aromatic heterocycles. The summed E-state index contributed by atoms with van der Waals surface area (Å²) in [5, 5.41) is 9.14. The predicted octanol–water partition coefficient (Wildman–Crippen LogP) is 4.72. The number of carboxylic acid groups (broad SMARTS) is 1. The van der Waals surface area contributed by atoms with Crippen molar-refractivity contribution >= 4 is 18.3 Å². The second kappa shape index (κ2) is 8.89. The first-order valence-electron chi connectivity index (χ1n) is 10.4. The van der Waals surface area contributed by atoms with Crippen molar-refractivity contribution in [1.29, 1.82) is 0 Å². The van der Waals surface area contributed by atoms with Gasteiger partial charge in [-0.25, -0.2) is 9.59 Å². The smallest absolute Gasteiger partial charge is 0.410 e. The molecule has 0 spiro atoms. The summed E-state index contributed by atoms with van der Waals surface area (Å²) in [5.41, 5.74) is 0.620. The van der Waals surface area contributed by atoms with Gasteiger partial charge in [-0.2, -0.15) is 0 Å². The zero-order chi connectivity index (χ0) is 21.0. The van der Waals surface area contributed by atoms with Crippen molar-refractivity contribution in [3.63, 3.8) is 0 Å². The molecule has 1 aromatic rings. The van der Waals surface area contributed by atoms with Crippen molar-refractivity contribution in [3.8, 4) is 0 Å². The first-order chi connectivity index (χ1) is 13.7. The van der Waals surface area contributed by atoms with Gasteiger partial charge in [0.25, 0.3) is 0 Å². The van der Waals surface area contributed by atoms with E-state index in [0.717, 1.165) is 24.8 Å². The molecule has 1 aliphatic heterocycles. The molecule has 2 fully saturated rings. The van der Waals surface area contributed by atoms with Gasteiger partial charge in [0.1, 0.15) is 5.60 Å². The van der Waals surface area contributed by atoms with Crippen LogP contribution in [0.2, 0.25) is 0 Å². The minimum absolute atomic E-state index is 0.155. The SMILES string of the molecule is CC(C)(C)OC(=O)N(CC1CCN(C(=O)O)CC1)C1CC1C=Cc1ccccc1. The van der Waals surface area contributed by atoms with Crippen LogP contribution in [0.4, 0.5) is 9.59 Å². The Balaban J connectivity index is 1.62. The molecular formula is C23H32N2O4. The maximum absolute atomic E-state index is 12.9. The van der Waals surface area contributed by atoms with Crippen LogP contribution in [0.25, 0.3) is 6.08 Å². The summed E-state index contributed by atoms with van der Waals surface area (Å²) in [6.45, 7) is 7.34. The molecule has 1 saturated heterocycles. The van der Waals surface area contributed by atoms with E-state index in [4.69, 9.17) is 9.84 Å². The number of nitrogens with zero attached hydrogens (tertiary/aromatic N) is 2. The summed E-state index contributed by atoms with van der Waals surface area (Å²) in [4.78, 5) is 27.3. The maximum atomic E-state index is 12.9. The Labute approximate surface area is 173 Å². The molecule has 1 saturated carbocycles. The number of likely N-dealkylation sites (tertiary alicyclic amines) is 1. The molecule has 0 bridgehead atoms. The lowest BCUT2D eigenvalue weighted by molar-refractivity contribution is 0.0169. The molecule has 3 rings (SSSR count). The topological polar surface area (TPSA) is 70.1 Å². The van der Waals surface area contributed by atoms with E-state index in [1.165, 1.54) is 4.90 Å². The molecule has 0 radical (unpaired) electrons. The van der Waals surface area contributed by atoms with Crippen LogP contribution in [-0.4, -0.2) is 58.4 Å². The number of ether oxygens (including phenoxy) is 1. The normalized spacial score (nSPS) is 22.5. The summed E-state index contributed by atoms with van der Waals surface area (Å²) in [6.07, 6.45) is 5.68. The molecule has 2 atom stereocenters. The maximum Gasteiger partial charge on any atom is 0.410 e. The molecular weight excluding hydrogens is 368 g/mol. The Morgan fingerprint density at radius 3 is 2.45 bits per heavy atom. The number of hydrogen-bond acceptors (Lipinski definition) is 3. The van der Waals surface area contributed by atoms with E-state index in [0.29, 0.717) is 31.5 Å². The first-order valence-corrected chi connectivity index (χ1v) is 10.4. The minimum atomic E-state index is -0.860. The summed E-state index contributed by atoms with van der Waals surface area (Å²) in [7, 11) is 0. The lowest BCUT2D eigenvalue weighted by Gasteiger charge is -2.34. The molecule has 2 aliphatic rings. The molecule has 2 unspecified atom stereocenters. The van der Waals surface area contributed by atoms with Gasteiger partial charge in [-0.05, 0) is 57.4 Å². The van der Waals surface area contributed by atoms with Gasteiger partial charge in [-0.3, -0.25) is 0 Å². The van der Waals surface area contributed by atoms with Crippen molar-refractivity contribution in [2.75, 3.05) is 19.6 Å². The molecule has 29 heavy (non-hydrogen) atoms. The molecule has 1 heterocycles. The number of rotatable bonds is 5. The van der Waals surface area contributed by atoms with Crippen molar-refractivity contribution in [3.05, 3.63) is 42.0 Å². The number of benzene rings is 1. The van der Waals surface area contributed by atoms with Gasteiger partial charge in [0.05, 0.1) is 0 Å². The van der Waals surface area contributed by atoms with Crippen molar-refractivity contribution in [1.82, 2.24) is 9.80 Å². The summed E-state index contributed by atoms with van der Waals surface area (Å²) in [6, 6.07) is 10.3. The lowest BCUT2D eigenvalue weighted by Crippen LogP contribution is -2.45. The van der Waals surface area contributed by atoms with Crippen LogP contribution in [0, 0.1) is 11.8 Å². The molecule has 6 nitrogen and oxygen atoms in total. The number of carbonyl (C=O) groups is 2. The number of piperidine rings is 1. The van der Waals surface area contributed by atoms with Crippen LogP contribution in [0.5, 0.6) is 0 Å². The lowest BCUT2D eigenvalue weighted by atomic mass is 9.96. The molecule has 1 aliphatic carbocycles. The molecule has 6 heteroatoms. The van der Waals surface area contributed by atoms with Gasteiger partial charge in [-0.15, -0.1) is 0 Å². The van der Waals surface area contributed by atoms with Gasteiger partial charge < -0.3 is 19.6 Å². The Kier molecular flexibility index (Phi) is 6.50.